The molecular weight excluding hydrogens is 672 g/mol. The molecule has 3 fully saturated rings. The van der Waals surface area contributed by atoms with Crippen molar-refractivity contribution in [1.29, 1.82) is 0 Å². The molecule has 3 saturated heterocycles. The van der Waals surface area contributed by atoms with Gasteiger partial charge < -0.3 is 20.9 Å². The lowest BCUT2D eigenvalue weighted by molar-refractivity contribution is -0.0563. The number of imidazole rings is 2. The quantitative estimate of drug-likeness (QED) is 0.174. The van der Waals surface area contributed by atoms with Gasteiger partial charge in [0.05, 0.1) is 25.9 Å². The second kappa shape index (κ2) is 11.1. The monoisotopic (exact) mass is 694 g/mol. The Labute approximate surface area is 255 Å². The molecule has 0 saturated carbocycles. The van der Waals surface area contributed by atoms with Crippen molar-refractivity contribution < 1.29 is 45.5 Å². The number of hydrogen-bond acceptors (Lipinski definition) is 16. The Kier molecular flexibility index (Phi) is 7.59. The summed E-state index contributed by atoms with van der Waals surface area (Å²) >= 11 is 7.99. The largest absolute Gasteiger partial charge is 0.386 e. The summed E-state index contributed by atoms with van der Waals surface area (Å²) < 4.78 is 94.5. The van der Waals surface area contributed by atoms with E-state index in [1.165, 1.54) is 28.1 Å². The zero-order valence-corrected chi connectivity index (χ0v) is 25.5. The summed E-state index contributed by atoms with van der Waals surface area (Å²) in [6, 6.07) is 0. The summed E-state index contributed by atoms with van der Waals surface area (Å²) in [5.74, 6) is 0.0984. The van der Waals surface area contributed by atoms with E-state index in [-0.39, 0.29) is 34.0 Å². The first kappa shape index (κ1) is 30.2. The van der Waals surface area contributed by atoms with Crippen molar-refractivity contribution in [3.63, 3.8) is 0 Å². The van der Waals surface area contributed by atoms with Crippen LogP contribution in [0.1, 0.15) is 12.5 Å². The third-order valence-corrected chi connectivity index (χ3v) is 10.4. The van der Waals surface area contributed by atoms with Crippen molar-refractivity contribution in [2.75, 3.05) is 24.7 Å². The summed E-state index contributed by atoms with van der Waals surface area (Å²) in [5.41, 5.74) is 12.4. The summed E-state index contributed by atoms with van der Waals surface area (Å²) in [6.45, 7) is -10.2. The minimum absolute atomic E-state index is 0.0478. The highest BCUT2D eigenvalue weighted by Crippen LogP contribution is 2.60. The predicted octanol–water partition coefficient (Wildman–Crippen LogP) is 2.19. The van der Waals surface area contributed by atoms with Gasteiger partial charge in [-0.3, -0.25) is 27.2 Å². The van der Waals surface area contributed by atoms with E-state index in [1.54, 1.807) is 0 Å². The van der Waals surface area contributed by atoms with Crippen LogP contribution in [0.4, 0.5) is 20.4 Å². The normalized spacial score (nSPS) is 38.3. The van der Waals surface area contributed by atoms with Gasteiger partial charge in [0.15, 0.2) is 47.7 Å². The third-order valence-electron chi connectivity index (χ3n) is 7.17. The van der Waals surface area contributed by atoms with Gasteiger partial charge in [-0.05, 0) is 0 Å². The van der Waals surface area contributed by atoms with Crippen LogP contribution in [0, 0.1) is 0 Å². The molecule has 4 aromatic heterocycles. The highest BCUT2D eigenvalue weighted by atomic mass is 32.7. The Morgan fingerprint density at radius 3 is 1.82 bits per heavy atom. The molecule has 3 aliphatic rings. The first-order chi connectivity index (χ1) is 20.9. The van der Waals surface area contributed by atoms with Crippen LogP contribution in [0.2, 0.25) is 0 Å². The van der Waals surface area contributed by atoms with Gasteiger partial charge in [0, 0.05) is 0 Å². The number of nitrogen functional groups attached to an aromatic ring is 2. The topological polar surface area (TPSA) is 229 Å². The number of nitrogens with zero attached hydrogens (tertiary/aromatic N) is 8. The highest BCUT2D eigenvalue weighted by molar-refractivity contribution is 8.44. The smallest absolute Gasteiger partial charge is 0.382 e. The molecule has 0 unspecified atom stereocenters. The molecule has 236 valence electrons. The number of rotatable bonds is 2. The fourth-order valence-electron chi connectivity index (χ4n) is 5.16. The second-order valence-electron chi connectivity index (χ2n) is 9.85. The third kappa shape index (κ3) is 5.25. The van der Waals surface area contributed by atoms with Crippen LogP contribution in [0.3, 0.4) is 0 Å². The molecule has 7 heterocycles. The Morgan fingerprint density at radius 1 is 0.727 bits per heavy atom. The molecule has 4 aromatic rings. The number of ether oxygens (including phenoxy) is 2. The molecule has 4 N–H and O–H groups in total. The summed E-state index contributed by atoms with van der Waals surface area (Å²) in [5, 5.41) is 0. The van der Waals surface area contributed by atoms with Crippen molar-refractivity contribution in [3.05, 3.63) is 25.3 Å². The van der Waals surface area contributed by atoms with Crippen LogP contribution in [-0.4, -0.2) is 89.0 Å². The van der Waals surface area contributed by atoms with Crippen molar-refractivity contribution >= 4 is 72.1 Å². The maximum absolute atomic E-state index is 16.0. The second-order valence-corrected chi connectivity index (χ2v) is 15.6. The number of aromatic nitrogens is 8. The molecule has 10 atom stereocenters. The number of fused-ring (bicyclic) bond motifs is 5. The number of thiol groups is 2. The van der Waals surface area contributed by atoms with Gasteiger partial charge in [0.25, 0.3) is 0 Å². The molecule has 0 radical (unpaired) electrons. The molecule has 3 aliphatic heterocycles. The fraction of sp³-hybridized carbons (Fsp3) is 0.500. The van der Waals surface area contributed by atoms with Gasteiger partial charge in [-0.15, -0.1) is 0 Å². The molecular formula is C20H22F2N10O8P2S2. The van der Waals surface area contributed by atoms with Crippen molar-refractivity contribution in [1.82, 2.24) is 39.0 Å². The Hall–Kier alpha value is -2.52. The van der Waals surface area contributed by atoms with Crippen LogP contribution >= 0.6 is 38.1 Å². The minimum Gasteiger partial charge on any atom is -0.382 e. The van der Waals surface area contributed by atoms with Crippen LogP contribution in [0.15, 0.2) is 25.3 Å². The molecule has 0 aromatic carbocycles. The van der Waals surface area contributed by atoms with Gasteiger partial charge in [0.2, 0.25) is 0 Å². The molecule has 24 heteroatoms. The molecule has 7 rings (SSSR count). The molecule has 44 heavy (non-hydrogen) atoms. The molecule has 0 spiro atoms. The molecule has 0 aliphatic carbocycles. The Balaban J connectivity index is 1.20. The first-order valence-corrected chi connectivity index (χ1v) is 18.1. The summed E-state index contributed by atoms with van der Waals surface area (Å²) in [7, 11) is 0. The first-order valence-electron chi connectivity index (χ1n) is 12.7. The Bertz CT molecular complexity index is 1840. The fourth-order valence-corrected chi connectivity index (χ4v) is 8.09. The maximum atomic E-state index is 16.0. The van der Waals surface area contributed by atoms with Crippen LogP contribution in [0.5, 0.6) is 0 Å². The van der Waals surface area contributed by atoms with Gasteiger partial charge in [0.1, 0.15) is 48.1 Å². The van der Waals surface area contributed by atoms with Crippen molar-refractivity contribution in [3.8, 4) is 0 Å². The minimum atomic E-state index is -4.43. The SMILES string of the molecule is Nc1ncnc2c1ncn2[C@@H]1O[C@@H]2CO[P@@](=O)(S)O[C@@H]3[C@@H](F)[C@@H](CO[P@@](=O)(S)O[C@H]2[C@H]1F)O[C@H]3n1cnc2c(N)ncnc21. The lowest BCUT2D eigenvalue weighted by atomic mass is 10.1. The van der Waals surface area contributed by atoms with E-state index in [0.717, 1.165) is 6.33 Å². The van der Waals surface area contributed by atoms with Crippen molar-refractivity contribution in [2.24, 2.45) is 0 Å². The summed E-state index contributed by atoms with van der Waals surface area (Å²) in [6.07, 6.45) is -8.18. The van der Waals surface area contributed by atoms with Gasteiger partial charge in [-0.1, -0.05) is 24.5 Å². The zero-order chi connectivity index (χ0) is 31.0. The van der Waals surface area contributed by atoms with E-state index >= 15 is 8.78 Å². The average Bonchev–Trinajstić information content (AvgIpc) is 3.73. The van der Waals surface area contributed by atoms with Crippen LogP contribution < -0.4 is 11.5 Å². The van der Waals surface area contributed by atoms with Gasteiger partial charge >= 0.3 is 13.6 Å². The van der Waals surface area contributed by atoms with Crippen LogP contribution in [-0.2, 0) is 36.7 Å². The molecule has 18 nitrogen and oxygen atoms in total. The predicted molar refractivity (Wildman–Crippen MR) is 152 cm³/mol. The van der Waals surface area contributed by atoms with E-state index in [9.17, 15) is 9.13 Å². The standard InChI is InChI=1S/C20H22F2N10O8P2S2/c21-9-7-1-35-41(33,43)39-13-8(38-19(10(13)22)31-5-29-11-15(23)25-3-27-17(11)31)2-36-42(34,44)40-14(9)20(37-7)32-6-30-12-16(24)26-4-28-18(12)32/h3-10,13-14,19-20H,1-2H2,(H,33,43)(H,34,44)(H2,23,25,27)(H2,24,26,28)/t7-,8-,9+,10-,13-,14-,19-,20-,41-,42-/m1/s1. The van der Waals surface area contributed by atoms with E-state index in [0.29, 0.717) is 0 Å². The van der Waals surface area contributed by atoms with E-state index in [4.69, 9.17) is 39.0 Å². The van der Waals surface area contributed by atoms with E-state index < -0.39 is 76.0 Å². The van der Waals surface area contributed by atoms with E-state index in [1.807, 2.05) is 0 Å². The van der Waals surface area contributed by atoms with Gasteiger partial charge in [-0.2, -0.15) is 0 Å². The average molecular weight is 695 g/mol. The number of nitrogens with two attached hydrogens (primary N) is 2. The van der Waals surface area contributed by atoms with Gasteiger partial charge in [-0.25, -0.2) is 47.8 Å². The van der Waals surface area contributed by atoms with E-state index in [2.05, 4.69) is 54.4 Å². The number of anilines is 2. The maximum Gasteiger partial charge on any atom is 0.386 e. The lowest BCUT2D eigenvalue weighted by Gasteiger charge is -2.26. The van der Waals surface area contributed by atoms with Crippen molar-refractivity contribution in [2.45, 2.75) is 49.2 Å². The molecule has 2 bridgehead atoms. The van der Waals surface area contributed by atoms with Crippen LogP contribution in [0.25, 0.3) is 22.3 Å². The summed E-state index contributed by atoms with van der Waals surface area (Å²) in [4.78, 5) is 24.2. The molecule has 0 amide bonds. The number of halogens is 2. The number of hydrogen-bond donors (Lipinski definition) is 4. The number of alkyl halides is 2. The zero-order valence-electron chi connectivity index (χ0n) is 21.9. The highest BCUT2D eigenvalue weighted by Gasteiger charge is 2.54. The lowest BCUT2D eigenvalue weighted by Crippen LogP contribution is -2.33. The Morgan fingerprint density at radius 2 is 1.23 bits per heavy atom.